The summed E-state index contributed by atoms with van der Waals surface area (Å²) >= 11 is 3.23. The van der Waals surface area contributed by atoms with E-state index in [2.05, 4.69) is 31.2 Å². The molecule has 0 aromatic carbocycles. The lowest BCUT2D eigenvalue weighted by Crippen LogP contribution is -2.32. The number of hydrogen-bond donors (Lipinski definition) is 2. The van der Waals surface area contributed by atoms with Gasteiger partial charge >= 0.3 is 5.97 Å². The van der Waals surface area contributed by atoms with Gasteiger partial charge in [-0.2, -0.15) is 0 Å². The Balaban J connectivity index is 2.12. The molecule has 1 aromatic rings. The highest BCUT2D eigenvalue weighted by atomic mass is 79.9. The van der Waals surface area contributed by atoms with Crippen LogP contribution in [-0.4, -0.2) is 27.6 Å². The number of H-pyrrole nitrogens is 1. The molecule has 0 radical (unpaired) electrons. The van der Waals surface area contributed by atoms with Gasteiger partial charge in [0, 0.05) is 6.04 Å². The van der Waals surface area contributed by atoms with E-state index in [4.69, 9.17) is 4.74 Å². The van der Waals surface area contributed by atoms with Crippen molar-refractivity contribution in [1.82, 2.24) is 9.97 Å². The van der Waals surface area contributed by atoms with Crippen molar-refractivity contribution in [2.45, 2.75) is 58.1 Å². The Bertz CT molecular complexity index is 588. The van der Waals surface area contributed by atoms with Crippen LogP contribution in [0.15, 0.2) is 9.40 Å². The first kappa shape index (κ1) is 16.0. The number of carbonyl (C=O) groups is 1. The first-order valence-electron chi connectivity index (χ1n) is 7.01. The molecule has 2 N–H and O–H groups in total. The summed E-state index contributed by atoms with van der Waals surface area (Å²) in [5.74, 6) is -0.112. The van der Waals surface area contributed by atoms with E-state index in [1.54, 1.807) is 0 Å². The van der Waals surface area contributed by atoms with Gasteiger partial charge in [0.15, 0.2) is 5.82 Å². The number of aromatic nitrogens is 2. The Morgan fingerprint density at radius 3 is 2.67 bits per heavy atom. The molecule has 116 valence electrons. The fraction of sp³-hybridized carbons (Fsp3) is 0.643. The smallest absolute Gasteiger partial charge is 0.312 e. The van der Waals surface area contributed by atoms with Gasteiger partial charge in [-0.15, -0.1) is 0 Å². The van der Waals surface area contributed by atoms with Gasteiger partial charge in [0.1, 0.15) is 10.2 Å². The summed E-state index contributed by atoms with van der Waals surface area (Å²) in [4.78, 5) is 30.6. The molecule has 6 nitrogen and oxygen atoms in total. The summed E-state index contributed by atoms with van der Waals surface area (Å²) < 4.78 is 5.68. The minimum atomic E-state index is -0.543. The van der Waals surface area contributed by atoms with E-state index in [9.17, 15) is 9.59 Å². The SMILES string of the molecule is CC(C)(C)OC(=O)Cc1nc(NC2CCC2)c(=O)[nH]c1Br. The fourth-order valence-electron chi connectivity index (χ4n) is 1.94. The average Bonchev–Trinajstić information content (AvgIpc) is 2.26. The second-order valence-corrected chi connectivity index (χ2v) is 7.00. The predicted octanol–water partition coefficient (Wildman–Crippen LogP) is 2.38. The highest BCUT2D eigenvalue weighted by molar-refractivity contribution is 9.10. The fourth-order valence-corrected chi connectivity index (χ4v) is 2.35. The molecule has 0 unspecified atom stereocenters. The molecule has 0 bridgehead atoms. The lowest BCUT2D eigenvalue weighted by atomic mass is 9.93. The number of anilines is 1. The molecule has 2 rings (SSSR count). The van der Waals surface area contributed by atoms with Crippen molar-refractivity contribution in [2.75, 3.05) is 5.32 Å². The molecule has 21 heavy (non-hydrogen) atoms. The molecule has 0 amide bonds. The average molecular weight is 358 g/mol. The van der Waals surface area contributed by atoms with Crippen molar-refractivity contribution in [1.29, 1.82) is 0 Å². The van der Waals surface area contributed by atoms with Crippen LogP contribution < -0.4 is 10.9 Å². The summed E-state index contributed by atoms with van der Waals surface area (Å²) in [7, 11) is 0. The monoisotopic (exact) mass is 357 g/mol. The number of halogens is 1. The molecule has 1 aliphatic carbocycles. The van der Waals surface area contributed by atoms with E-state index in [0.29, 0.717) is 16.3 Å². The number of aromatic amines is 1. The van der Waals surface area contributed by atoms with Gasteiger partial charge in [-0.25, -0.2) is 4.98 Å². The predicted molar refractivity (Wildman–Crippen MR) is 83.4 cm³/mol. The molecule has 1 aliphatic rings. The zero-order valence-electron chi connectivity index (χ0n) is 12.5. The van der Waals surface area contributed by atoms with Gasteiger partial charge < -0.3 is 15.0 Å². The van der Waals surface area contributed by atoms with Crippen LogP contribution in [0.2, 0.25) is 0 Å². The Morgan fingerprint density at radius 2 is 2.14 bits per heavy atom. The zero-order chi connectivity index (χ0) is 15.6. The third-order valence-corrected chi connectivity index (χ3v) is 3.77. The van der Waals surface area contributed by atoms with Crippen LogP contribution in [0.1, 0.15) is 45.7 Å². The van der Waals surface area contributed by atoms with Crippen LogP contribution in [-0.2, 0) is 16.0 Å². The quantitative estimate of drug-likeness (QED) is 0.808. The van der Waals surface area contributed by atoms with E-state index in [1.807, 2.05) is 20.8 Å². The molecular formula is C14H20BrN3O3. The minimum absolute atomic E-state index is 0.00792. The van der Waals surface area contributed by atoms with Gasteiger partial charge in [-0.05, 0) is 56.0 Å². The Labute approximate surface area is 131 Å². The lowest BCUT2D eigenvalue weighted by molar-refractivity contribution is -0.154. The van der Waals surface area contributed by atoms with Crippen LogP contribution in [0, 0.1) is 0 Å². The van der Waals surface area contributed by atoms with Crippen LogP contribution in [0.3, 0.4) is 0 Å². The highest BCUT2D eigenvalue weighted by Crippen LogP contribution is 2.22. The van der Waals surface area contributed by atoms with E-state index in [-0.39, 0.29) is 23.8 Å². The van der Waals surface area contributed by atoms with E-state index in [0.717, 1.165) is 19.3 Å². The number of esters is 1. The van der Waals surface area contributed by atoms with E-state index >= 15 is 0 Å². The maximum absolute atomic E-state index is 11.9. The summed E-state index contributed by atoms with van der Waals surface area (Å²) in [6.07, 6.45) is 3.25. The van der Waals surface area contributed by atoms with Crippen molar-refractivity contribution in [3.8, 4) is 0 Å². The summed E-state index contributed by atoms with van der Waals surface area (Å²) in [5.41, 5.74) is -0.369. The lowest BCUT2D eigenvalue weighted by Gasteiger charge is -2.26. The summed E-state index contributed by atoms with van der Waals surface area (Å²) in [6, 6.07) is 0.300. The number of carbonyl (C=O) groups excluding carboxylic acids is 1. The molecule has 0 aliphatic heterocycles. The van der Waals surface area contributed by atoms with Crippen molar-refractivity contribution in [3.63, 3.8) is 0 Å². The largest absolute Gasteiger partial charge is 0.460 e. The molecule has 1 saturated carbocycles. The topological polar surface area (TPSA) is 84.1 Å². The van der Waals surface area contributed by atoms with Gasteiger partial charge in [-0.1, -0.05) is 0 Å². The molecule has 1 heterocycles. The van der Waals surface area contributed by atoms with Gasteiger partial charge in [0.05, 0.1) is 12.1 Å². The molecular weight excluding hydrogens is 338 g/mol. The van der Waals surface area contributed by atoms with Gasteiger partial charge in [0.2, 0.25) is 0 Å². The van der Waals surface area contributed by atoms with Gasteiger partial charge in [0.25, 0.3) is 5.56 Å². The van der Waals surface area contributed by atoms with Crippen LogP contribution in [0.5, 0.6) is 0 Å². The van der Waals surface area contributed by atoms with E-state index < -0.39 is 5.60 Å². The minimum Gasteiger partial charge on any atom is -0.460 e. The van der Waals surface area contributed by atoms with Crippen LogP contribution in [0.4, 0.5) is 5.82 Å². The summed E-state index contributed by atoms with van der Waals surface area (Å²) in [6.45, 7) is 5.43. The number of ether oxygens (including phenoxy) is 1. The Kier molecular flexibility index (Phi) is 4.70. The molecule has 0 spiro atoms. The Morgan fingerprint density at radius 1 is 1.48 bits per heavy atom. The number of nitrogens with one attached hydrogen (secondary N) is 2. The molecule has 1 aromatic heterocycles. The van der Waals surface area contributed by atoms with Crippen molar-refractivity contribution >= 4 is 27.7 Å². The van der Waals surface area contributed by atoms with Crippen LogP contribution >= 0.6 is 15.9 Å². The first-order chi connectivity index (χ1) is 9.74. The normalized spacial score (nSPS) is 15.4. The van der Waals surface area contributed by atoms with Crippen molar-refractivity contribution in [2.24, 2.45) is 0 Å². The molecule has 7 heteroatoms. The van der Waals surface area contributed by atoms with E-state index in [1.165, 1.54) is 0 Å². The van der Waals surface area contributed by atoms with Gasteiger partial charge in [-0.3, -0.25) is 9.59 Å². The first-order valence-corrected chi connectivity index (χ1v) is 7.81. The second kappa shape index (κ2) is 6.17. The van der Waals surface area contributed by atoms with Crippen LogP contribution in [0.25, 0.3) is 0 Å². The number of rotatable bonds is 4. The number of nitrogens with zero attached hydrogens (tertiary/aromatic N) is 1. The molecule has 0 atom stereocenters. The summed E-state index contributed by atoms with van der Waals surface area (Å²) in [5, 5.41) is 3.11. The maximum atomic E-state index is 11.9. The molecule has 0 saturated heterocycles. The standard InChI is InChI=1S/C14H20BrN3O3/c1-14(2,3)21-10(19)7-9-11(15)18-13(20)12(17-9)16-8-5-4-6-8/h8H,4-7H2,1-3H3,(H,16,17)(H,18,20). The van der Waals surface area contributed by atoms with Crippen molar-refractivity contribution in [3.05, 3.63) is 20.7 Å². The Hall–Kier alpha value is -1.37. The maximum Gasteiger partial charge on any atom is 0.312 e. The molecule has 1 fully saturated rings. The second-order valence-electron chi connectivity index (χ2n) is 6.21. The third-order valence-electron chi connectivity index (χ3n) is 3.12. The zero-order valence-corrected chi connectivity index (χ0v) is 14.0. The highest BCUT2D eigenvalue weighted by Gasteiger charge is 2.22. The number of hydrogen-bond acceptors (Lipinski definition) is 5. The third kappa shape index (κ3) is 4.56. The van der Waals surface area contributed by atoms with Crippen molar-refractivity contribution < 1.29 is 9.53 Å².